The Kier molecular flexibility index (Phi) is 2.71. The molecule has 1 aliphatic rings. The number of carbonyl (C=O) groups is 2. The number of piperazine rings is 1. The number of fused-ring (bicyclic) bond motifs is 1. The van der Waals surface area contributed by atoms with E-state index in [1.807, 2.05) is 24.3 Å². The van der Waals surface area contributed by atoms with E-state index in [2.05, 4.69) is 10.3 Å². The highest BCUT2D eigenvalue weighted by atomic mass is 32.1. The van der Waals surface area contributed by atoms with Crippen molar-refractivity contribution in [3.63, 3.8) is 0 Å². The molecule has 2 amide bonds. The third kappa shape index (κ3) is 2.06. The number of carbonyl (C=O) groups excluding carboxylic acids is 2. The van der Waals surface area contributed by atoms with Gasteiger partial charge in [0, 0.05) is 0 Å². The average molecular weight is 261 g/mol. The standard InChI is InChI=1S/C12H11N3O2S/c16-10-6-15(12(17)5-13-10)7-11-14-8-3-1-2-4-9(8)18-11/h1-4H,5-7H2,(H,13,16). The van der Waals surface area contributed by atoms with Crippen LogP contribution in [0, 0.1) is 0 Å². The summed E-state index contributed by atoms with van der Waals surface area (Å²) in [6, 6.07) is 7.84. The van der Waals surface area contributed by atoms with Crippen LogP contribution >= 0.6 is 11.3 Å². The van der Waals surface area contributed by atoms with Gasteiger partial charge in [-0.15, -0.1) is 11.3 Å². The van der Waals surface area contributed by atoms with Crippen molar-refractivity contribution < 1.29 is 9.59 Å². The summed E-state index contributed by atoms with van der Waals surface area (Å²) in [5.41, 5.74) is 0.936. The molecule has 1 N–H and O–H groups in total. The van der Waals surface area contributed by atoms with Crippen molar-refractivity contribution in [1.82, 2.24) is 15.2 Å². The molecule has 1 aromatic carbocycles. The van der Waals surface area contributed by atoms with Crippen molar-refractivity contribution in [3.05, 3.63) is 29.3 Å². The molecule has 0 atom stereocenters. The Hall–Kier alpha value is -1.95. The number of nitrogens with one attached hydrogen (secondary N) is 1. The molecule has 0 bridgehead atoms. The van der Waals surface area contributed by atoms with Crippen LogP contribution in [-0.4, -0.2) is 34.8 Å². The highest BCUT2D eigenvalue weighted by molar-refractivity contribution is 7.18. The van der Waals surface area contributed by atoms with Gasteiger partial charge in [0.25, 0.3) is 0 Å². The SMILES string of the molecule is O=C1CN(Cc2nc3ccccc3s2)C(=O)CN1. The van der Waals surface area contributed by atoms with Crippen LogP contribution in [0.4, 0.5) is 0 Å². The minimum atomic E-state index is -0.115. The van der Waals surface area contributed by atoms with Gasteiger partial charge >= 0.3 is 0 Å². The van der Waals surface area contributed by atoms with E-state index in [4.69, 9.17) is 0 Å². The van der Waals surface area contributed by atoms with Gasteiger partial charge in [-0.2, -0.15) is 0 Å². The summed E-state index contributed by atoms with van der Waals surface area (Å²) in [6.07, 6.45) is 0. The van der Waals surface area contributed by atoms with Crippen molar-refractivity contribution in [2.45, 2.75) is 6.54 Å². The zero-order chi connectivity index (χ0) is 12.5. The van der Waals surface area contributed by atoms with Gasteiger partial charge in [-0.3, -0.25) is 9.59 Å². The van der Waals surface area contributed by atoms with Gasteiger partial charge in [0.1, 0.15) is 11.6 Å². The molecule has 2 heterocycles. The third-order valence-corrected chi connectivity index (χ3v) is 3.81. The quantitative estimate of drug-likeness (QED) is 0.868. The normalized spacial score (nSPS) is 16.1. The summed E-state index contributed by atoms with van der Waals surface area (Å²) in [5.74, 6) is -0.176. The predicted molar refractivity (Wildman–Crippen MR) is 68.0 cm³/mol. The van der Waals surface area contributed by atoms with Crippen LogP contribution in [0.2, 0.25) is 0 Å². The fourth-order valence-electron chi connectivity index (χ4n) is 1.90. The van der Waals surface area contributed by atoms with Crippen LogP contribution in [0.15, 0.2) is 24.3 Å². The van der Waals surface area contributed by atoms with Gasteiger partial charge in [0.2, 0.25) is 11.8 Å². The number of aromatic nitrogens is 1. The van der Waals surface area contributed by atoms with Crippen LogP contribution in [0.3, 0.4) is 0 Å². The van der Waals surface area contributed by atoms with Crippen molar-refractivity contribution in [3.8, 4) is 0 Å². The van der Waals surface area contributed by atoms with Gasteiger partial charge in [0.05, 0.1) is 23.3 Å². The Labute approximate surface area is 107 Å². The summed E-state index contributed by atoms with van der Waals surface area (Å²) in [6.45, 7) is 0.615. The number of hydrogen-bond donors (Lipinski definition) is 1. The minimum Gasteiger partial charge on any atom is -0.345 e. The maximum Gasteiger partial charge on any atom is 0.242 e. The molecule has 0 aliphatic carbocycles. The van der Waals surface area contributed by atoms with E-state index in [9.17, 15) is 9.59 Å². The Morgan fingerprint density at radius 1 is 1.33 bits per heavy atom. The summed E-state index contributed by atoms with van der Waals surface area (Å²) in [4.78, 5) is 28.9. The van der Waals surface area contributed by atoms with Crippen molar-refractivity contribution in [2.75, 3.05) is 13.1 Å². The topological polar surface area (TPSA) is 62.3 Å². The minimum absolute atomic E-state index is 0.0612. The highest BCUT2D eigenvalue weighted by Crippen LogP contribution is 2.22. The van der Waals surface area contributed by atoms with Gasteiger partial charge in [-0.05, 0) is 12.1 Å². The molecule has 1 saturated heterocycles. The second kappa shape index (κ2) is 4.38. The lowest BCUT2D eigenvalue weighted by atomic mass is 10.3. The Morgan fingerprint density at radius 3 is 3.00 bits per heavy atom. The molecule has 1 aromatic heterocycles. The smallest absolute Gasteiger partial charge is 0.242 e. The number of thiazole rings is 1. The number of nitrogens with zero attached hydrogens (tertiary/aromatic N) is 2. The van der Waals surface area contributed by atoms with Crippen LogP contribution in [0.25, 0.3) is 10.2 Å². The number of benzene rings is 1. The molecular weight excluding hydrogens is 250 g/mol. The van der Waals surface area contributed by atoms with Gasteiger partial charge in [-0.1, -0.05) is 12.1 Å². The molecule has 6 heteroatoms. The Balaban J connectivity index is 1.83. The van der Waals surface area contributed by atoms with Gasteiger partial charge in [0.15, 0.2) is 0 Å². The number of hydrogen-bond acceptors (Lipinski definition) is 4. The highest BCUT2D eigenvalue weighted by Gasteiger charge is 2.23. The molecule has 0 unspecified atom stereocenters. The van der Waals surface area contributed by atoms with E-state index in [0.717, 1.165) is 15.2 Å². The molecular formula is C12H11N3O2S. The second-order valence-electron chi connectivity index (χ2n) is 4.10. The zero-order valence-corrected chi connectivity index (χ0v) is 10.4. The molecule has 2 aromatic rings. The molecule has 92 valence electrons. The Bertz CT molecular complexity index is 590. The predicted octanol–water partition coefficient (Wildman–Crippen LogP) is 0.755. The summed E-state index contributed by atoms with van der Waals surface area (Å²) in [5, 5.41) is 3.39. The molecule has 3 rings (SSSR count). The average Bonchev–Trinajstić information content (AvgIpc) is 2.76. The summed E-state index contributed by atoms with van der Waals surface area (Å²) in [7, 11) is 0. The molecule has 0 radical (unpaired) electrons. The zero-order valence-electron chi connectivity index (χ0n) is 9.55. The van der Waals surface area contributed by atoms with E-state index in [1.54, 1.807) is 11.3 Å². The maximum absolute atomic E-state index is 11.6. The first-order chi connectivity index (χ1) is 8.72. The summed E-state index contributed by atoms with van der Waals surface area (Å²) < 4.78 is 1.10. The largest absolute Gasteiger partial charge is 0.345 e. The number of para-hydroxylation sites is 1. The first kappa shape index (κ1) is 11.2. The fourth-order valence-corrected chi connectivity index (χ4v) is 2.88. The molecule has 0 spiro atoms. The molecule has 18 heavy (non-hydrogen) atoms. The van der Waals surface area contributed by atoms with Crippen LogP contribution in [0.5, 0.6) is 0 Å². The third-order valence-electron chi connectivity index (χ3n) is 2.79. The van der Waals surface area contributed by atoms with Gasteiger partial charge < -0.3 is 10.2 Å². The second-order valence-corrected chi connectivity index (χ2v) is 5.22. The summed E-state index contributed by atoms with van der Waals surface area (Å²) >= 11 is 1.56. The lowest BCUT2D eigenvalue weighted by Crippen LogP contribution is -2.50. The van der Waals surface area contributed by atoms with Crippen molar-refractivity contribution in [1.29, 1.82) is 0 Å². The van der Waals surface area contributed by atoms with Crippen LogP contribution in [0.1, 0.15) is 5.01 Å². The monoisotopic (exact) mass is 261 g/mol. The van der Waals surface area contributed by atoms with E-state index in [0.29, 0.717) is 6.54 Å². The Morgan fingerprint density at radius 2 is 2.17 bits per heavy atom. The molecule has 1 aliphatic heterocycles. The van der Waals surface area contributed by atoms with Crippen molar-refractivity contribution in [2.24, 2.45) is 0 Å². The lowest BCUT2D eigenvalue weighted by Gasteiger charge is -2.25. The van der Waals surface area contributed by atoms with Crippen LogP contribution < -0.4 is 5.32 Å². The maximum atomic E-state index is 11.6. The van der Waals surface area contributed by atoms with Crippen LogP contribution in [-0.2, 0) is 16.1 Å². The van der Waals surface area contributed by atoms with E-state index < -0.39 is 0 Å². The van der Waals surface area contributed by atoms with Crippen molar-refractivity contribution >= 4 is 33.4 Å². The number of amides is 2. The van der Waals surface area contributed by atoms with E-state index in [-0.39, 0.29) is 24.9 Å². The lowest BCUT2D eigenvalue weighted by molar-refractivity contribution is -0.141. The van der Waals surface area contributed by atoms with Gasteiger partial charge in [-0.25, -0.2) is 4.98 Å². The van der Waals surface area contributed by atoms with E-state index in [1.165, 1.54) is 4.90 Å². The first-order valence-corrected chi connectivity index (χ1v) is 6.43. The van der Waals surface area contributed by atoms with E-state index >= 15 is 0 Å². The molecule has 0 saturated carbocycles. The molecule has 1 fully saturated rings. The first-order valence-electron chi connectivity index (χ1n) is 5.61. The number of rotatable bonds is 2. The fraction of sp³-hybridized carbons (Fsp3) is 0.250. The molecule has 5 nitrogen and oxygen atoms in total.